The molecule has 0 saturated heterocycles. The molecule has 34 heavy (non-hydrogen) atoms. The molecule has 0 spiro atoms. The lowest BCUT2D eigenvalue weighted by atomic mass is 9.97. The van der Waals surface area contributed by atoms with E-state index in [1.807, 2.05) is 81.4 Å². The molecule has 0 saturated carbocycles. The lowest BCUT2D eigenvalue weighted by molar-refractivity contribution is 0.324. The Balaban J connectivity index is 1.65. The van der Waals surface area contributed by atoms with Crippen LogP contribution in [0.5, 0.6) is 17.2 Å². The summed E-state index contributed by atoms with van der Waals surface area (Å²) < 4.78 is 17.1. The van der Waals surface area contributed by atoms with Gasteiger partial charge in [0.15, 0.2) is 0 Å². The van der Waals surface area contributed by atoms with Crippen LogP contribution < -0.4 is 19.9 Å². The van der Waals surface area contributed by atoms with Gasteiger partial charge >= 0.3 is 0 Å². The highest BCUT2D eigenvalue weighted by Gasteiger charge is 2.12. The predicted molar refractivity (Wildman–Crippen MR) is 138 cm³/mol. The Labute approximate surface area is 201 Å². The van der Waals surface area contributed by atoms with Crippen LogP contribution >= 0.6 is 0 Å². The van der Waals surface area contributed by atoms with E-state index in [2.05, 4.69) is 17.1 Å². The van der Waals surface area contributed by atoms with Crippen LogP contribution in [0.4, 0.5) is 5.69 Å². The zero-order chi connectivity index (χ0) is 23.9. The van der Waals surface area contributed by atoms with Crippen molar-refractivity contribution in [3.8, 4) is 50.8 Å². The number of nitrogens with zero attached hydrogens (tertiary/aromatic N) is 1. The first-order valence-corrected chi connectivity index (χ1v) is 11.6. The van der Waals surface area contributed by atoms with Crippen LogP contribution in [0.1, 0.15) is 20.8 Å². The van der Waals surface area contributed by atoms with Gasteiger partial charge in [-0.2, -0.15) is 0 Å². The first-order chi connectivity index (χ1) is 16.6. The van der Waals surface area contributed by atoms with Gasteiger partial charge in [-0.25, -0.2) is 0 Å². The normalized spacial score (nSPS) is 10.7. The van der Waals surface area contributed by atoms with E-state index in [-0.39, 0.29) is 0 Å². The van der Waals surface area contributed by atoms with Crippen molar-refractivity contribution < 1.29 is 14.2 Å². The van der Waals surface area contributed by atoms with Crippen LogP contribution in [0.2, 0.25) is 0 Å². The summed E-state index contributed by atoms with van der Waals surface area (Å²) in [6.45, 7) is 7.72. The number of hydrogen-bond donors (Lipinski definition) is 1. The average Bonchev–Trinajstić information content (AvgIpc) is 2.85. The summed E-state index contributed by atoms with van der Waals surface area (Å²) in [6, 6.07) is 24.1. The summed E-state index contributed by atoms with van der Waals surface area (Å²) >= 11 is 0. The SMILES string of the molecule is CCOc1ccc(-c2ccc(-c3ccnc(-c4ccc(OCC)cc4OCC)c3)c(N)c2)cc1. The highest BCUT2D eigenvalue weighted by molar-refractivity contribution is 5.83. The van der Waals surface area contributed by atoms with Gasteiger partial charge in [0.2, 0.25) is 0 Å². The van der Waals surface area contributed by atoms with Crippen LogP contribution in [-0.2, 0) is 0 Å². The molecular formula is C29H30N2O3. The Hall–Kier alpha value is -3.99. The number of hydrogen-bond acceptors (Lipinski definition) is 5. The van der Waals surface area contributed by atoms with E-state index in [0.717, 1.165) is 50.8 Å². The summed E-state index contributed by atoms with van der Waals surface area (Å²) in [6.07, 6.45) is 1.80. The molecule has 4 rings (SSSR count). The quantitative estimate of drug-likeness (QED) is 0.280. The maximum Gasteiger partial charge on any atom is 0.132 e. The summed E-state index contributed by atoms with van der Waals surface area (Å²) in [5.74, 6) is 2.39. The molecule has 0 amide bonds. The first-order valence-electron chi connectivity index (χ1n) is 11.6. The van der Waals surface area contributed by atoms with Crippen LogP contribution in [0.15, 0.2) is 79.0 Å². The highest BCUT2D eigenvalue weighted by Crippen LogP contribution is 2.36. The Morgan fingerprint density at radius 3 is 1.97 bits per heavy atom. The van der Waals surface area contributed by atoms with Crippen molar-refractivity contribution in [1.82, 2.24) is 4.98 Å². The summed E-state index contributed by atoms with van der Waals surface area (Å²) in [5.41, 5.74) is 13.0. The van der Waals surface area contributed by atoms with Gasteiger partial charge in [0.05, 0.1) is 25.5 Å². The van der Waals surface area contributed by atoms with Crippen molar-refractivity contribution >= 4 is 5.69 Å². The molecule has 0 atom stereocenters. The maximum atomic E-state index is 6.50. The molecule has 0 fully saturated rings. The van der Waals surface area contributed by atoms with E-state index in [1.165, 1.54) is 0 Å². The number of rotatable bonds is 9. The van der Waals surface area contributed by atoms with E-state index < -0.39 is 0 Å². The molecule has 0 bridgehead atoms. The summed E-state index contributed by atoms with van der Waals surface area (Å²) in [5, 5.41) is 0. The molecule has 1 aromatic heterocycles. The van der Waals surface area contributed by atoms with Gasteiger partial charge in [0.1, 0.15) is 17.2 Å². The largest absolute Gasteiger partial charge is 0.494 e. The van der Waals surface area contributed by atoms with Gasteiger partial charge in [0, 0.05) is 29.1 Å². The maximum absolute atomic E-state index is 6.50. The van der Waals surface area contributed by atoms with Gasteiger partial charge in [-0.05, 0) is 79.9 Å². The molecule has 174 valence electrons. The molecule has 0 aliphatic carbocycles. The number of nitrogens with two attached hydrogens (primary N) is 1. The number of anilines is 1. The minimum atomic E-state index is 0.558. The topological polar surface area (TPSA) is 66.6 Å². The van der Waals surface area contributed by atoms with E-state index in [0.29, 0.717) is 25.5 Å². The third-order valence-corrected chi connectivity index (χ3v) is 5.46. The van der Waals surface area contributed by atoms with Crippen molar-refractivity contribution in [3.05, 3.63) is 79.0 Å². The second kappa shape index (κ2) is 10.8. The monoisotopic (exact) mass is 454 g/mol. The molecule has 2 N–H and O–H groups in total. The lowest BCUT2D eigenvalue weighted by Gasteiger charge is -2.14. The molecular weight excluding hydrogens is 424 g/mol. The molecule has 3 aromatic carbocycles. The zero-order valence-electron chi connectivity index (χ0n) is 19.9. The van der Waals surface area contributed by atoms with Gasteiger partial charge in [-0.15, -0.1) is 0 Å². The van der Waals surface area contributed by atoms with Crippen molar-refractivity contribution in [2.24, 2.45) is 0 Å². The standard InChI is InChI=1S/C29H30N2O3/c1-4-32-23-10-7-20(8-11-23)21-9-13-25(27(30)17-21)22-15-16-31-28(18-22)26-14-12-24(33-5-2)19-29(26)34-6-3/h7-19H,4-6,30H2,1-3H3. The number of benzene rings is 3. The van der Waals surface area contributed by atoms with Gasteiger partial charge < -0.3 is 19.9 Å². The number of pyridine rings is 1. The summed E-state index contributed by atoms with van der Waals surface area (Å²) in [7, 11) is 0. The number of aromatic nitrogens is 1. The minimum Gasteiger partial charge on any atom is -0.494 e. The predicted octanol–water partition coefficient (Wildman–Crippen LogP) is 6.86. The van der Waals surface area contributed by atoms with Crippen LogP contribution in [0.25, 0.3) is 33.5 Å². The molecule has 4 aromatic rings. The van der Waals surface area contributed by atoms with E-state index in [1.54, 1.807) is 6.20 Å². The summed E-state index contributed by atoms with van der Waals surface area (Å²) in [4.78, 5) is 4.60. The van der Waals surface area contributed by atoms with Crippen molar-refractivity contribution in [2.45, 2.75) is 20.8 Å². The number of nitrogen functional groups attached to an aromatic ring is 1. The Bertz CT molecular complexity index is 1250. The van der Waals surface area contributed by atoms with Crippen LogP contribution in [-0.4, -0.2) is 24.8 Å². The van der Waals surface area contributed by atoms with Crippen LogP contribution in [0.3, 0.4) is 0 Å². The van der Waals surface area contributed by atoms with E-state index in [4.69, 9.17) is 19.9 Å². The van der Waals surface area contributed by atoms with Gasteiger partial charge in [-0.1, -0.05) is 24.3 Å². The Morgan fingerprint density at radius 2 is 1.26 bits per heavy atom. The fraction of sp³-hybridized carbons (Fsp3) is 0.207. The lowest BCUT2D eigenvalue weighted by Crippen LogP contribution is -1.98. The van der Waals surface area contributed by atoms with Crippen molar-refractivity contribution in [2.75, 3.05) is 25.6 Å². The molecule has 0 aliphatic heterocycles. The Kier molecular flexibility index (Phi) is 7.33. The second-order valence-corrected chi connectivity index (χ2v) is 7.71. The molecule has 5 heteroatoms. The fourth-order valence-electron chi connectivity index (χ4n) is 3.91. The highest BCUT2D eigenvalue weighted by atomic mass is 16.5. The molecule has 0 radical (unpaired) electrons. The molecule has 1 heterocycles. The number of ether oxygens (including phenoxy) is 3. The zero-order valence-corrected chi connectivity index (χ0v) is 19.9. The average molecular weight is 455 g/mol. The van der Waals surface area contributed by atoms with Crippen molar-refractivity contribution in [3.63, 3.8) is 0 Å². The molecule has 0 aliphatic rings. The van der Waals surface area contributed by atoms with E-state index >= 15 is 0 Å². The third kappa shape index (κ3) is 5.15. The minimum absolute atomic E-state index is 0.558. The molecule has 0 unspecified atom stereocenters. The smallest absolute Gasteiger partial charge is 0.132 e. The van der Waals surface area contributed by atoms with Crippen LogP contribution in [0, 0.1) is 0 Å². The third-order valence-electron chi connectivity index (χ3n) is 5.46. The fourth-order valence-corrected chi connectivity index (χ4v) is 3.91. The van der Waals surface area contributed by atoms with Gasteiger partial charge in [-0.3, -0.25) is 4.98 Å². The van der Waals surface area contributed by atoms with Crippen molar-refractivity contribution in [1.29, 1.82) is 0 Å². The van der Waals surface area contributed by atoms with E-state index in [9.17, 15) is 0 Å². The second-order valence-electron chi connectivity index (χ2n) is 7.71. The first kappa shape index (κ1) is 23.2. The Morgan fingerprint density at radius 1 is 0.618 bits per heavy atom. The molecule has 5 nitrogen and oxygen atoms in total. The van der Waals surface area contributed by atoms with Gasteiger partial charge in [0.25, 0.3) is 0 Å².